The fraction of sp³-hybridized carbons (Fsp3) is 0.345. The molecule has 2 heterocycles. The summed E-state index contributed by atoms with van der Waals surface area (Å²) >= 11 is 5.89. The summed E-state index contributed by atoms with van der Waals surface area (Å²) in [6.45, 7) is 0.419. The van der Waals surface area contributed by atoms with E-state index in [-0.39, 0.29) is 22.5 Å². The Morgan fingerprint density at radius 3 is 2.54 bits per heavy atom. The van der Waals surface area contributed by atoms with Crippen LogP contribution in [-0.4, -0.2) is 41.6 Å². The molecule has 204 valence electrons. The Morgan fingerprint density at radius 1 is 1.18 bits per heavy atom. The van der Waals surface area contributed by atoms with Gasteiger partial charge in [0.2, 0.25) is 0 Å². The van der Waals surface area contributed by atoms with Crippen molar-refractivity contribution < 1.29 is 28.2 Å². The van der Waals surface area contributed by atoms with Crippen molar-refractivity contribution in [2.24, 2.45) is 5.92 Å². The van der Waals surface area contributed by atoms with Gasteiger partial charge in [-0.1, -0.05) is 41.9 Å². The number of fused-ring (bicyclic) bond motifs is 1. The van der Waals surface area contributed by atoms with Gasteiger partial charge in [-0.3, -0.25) is 14.6 Å². The molecule has 7 nitrogen and oxygen atoms in total. The number of alkyl halides is 2. The molecule has 2 amide bonds. The van der Waals surface area contributed by atoms with E-state index in [9.17, 15) is 23.5 Å². The van der Waals surface area contributed by atoms with Crippen LogP contribution in [0.5, 0.6) is 5.75 Å². The van der Waals surface area contributed by atoms with E-state index in [1.165, 1.54) is 6.07 Å². The quantitative estimate of drug-likeness (QED) is 0.415. The minimum Gasteiger partial charge on any atom is -0.497 e. The lowest BCUT2D eigenvalue weighted by molar-refractivity contribution is -0.132. The van der Waals surface area contributed by atoms with E-state index >= 15 is 0 Å². The van der Waals surface area contributed by atoms with Crippen LogP contribution in [0, 0.1) is 5.92 Å². The van der Waals surface area contributed by atoms with E-state index in [2.05, 4.69) is 10.3 Å². The van der Waals surface area contributed by atoms with Crippen LogP contribution in [0.25, 0.3) is 0 Å². The zero-order valence-electron chi connectivity index (χ0n) is 21.2. The van der Waals surface area contributed by atoms with Crippen molar-refractivity contribution in [2.45, 2.75) is 43.8 Å². The topological polar surface area (TPSA) is 91.8 Å². The van der Waals surface area contributed by atoms with Crippen molar-refractivity contribution in [3.8, 4) is 5.75 Å². The molecule has 0 bridgehead atoms. The predicted octanol–water partition coefficient (Wildman–Crippen LogP) is 5.25. The van der Waals surface area contributed by atoms with Gasteiger partial charge in [-0.15, -0.1) is 0 Å². The molecule has 1 saturated carbocycles. The summed E-state index contributed by atoms with van der Waals surface area (Å²) in [5.41, 5.74) is -0.956. The SMILES string of the molecule is COc1ccc(C2(O)C(=O)N(C[C@H]3CC[C@H](NC(=O)c4cc(Cl)cnc4C(F)F)CC3)c3ccccc32)cc1. The van der Waals surface area contributed by atoms with E-state index in [0.717, 1.165) is 6.20 Å². The number of carbonyl (C=O) groups is 2. The maximum absolute atomic E-state index is 13.7. The van der Waals surface area contributed by atoms with Gasteiger partial charge in [-0.05, 0) is 61.4 Å². The lowest BCUT2D eigenvalue weighted by Crippen LogP contribution is -2.44. The molecular weight excluding hydrogens is 528 g/mol. The predicted molar refractivity (Wildman–Crippen MR) is 142 cm³/mol. The maximum Gasteiger partial charge on any atom is 0.281 e. The molecule has 0 spiro atoms. The van der Waals surface area contributed by atoms with Gasteiger partial charge >= 0.3 is 0 Å². The number of carbonyl (C=O) groups excluding carboxylic acids is 2. The third kappa shape index (κ3) is 5.08. The molecule has 39 heavy (non-hydrogen) atoms. The molecule has 5 rings (SSSR count). The van der Waals surface area contributed by atoms with Gasteiger partial charge in [-0.25, -0.2) is 8.78 Å². The van der Waals surface area contributed by atoms with Crippen molar-refractivity contribution >= 4 is 29.1 Å². The summed E-state index contributed by atoms with van der Waals surface area (Å²) in [7, 11) is 1.55. The van der Waals surface area contributed by atoms with Gasteiger partial charge in [-0.2, -0.15) is 0 Å². The van der Waals surface area contributed by atoms with Crippen molar-refractivity contribution in [1.82, 2.24) is 10.3 Å². The van der Waals surface area contributed by atoms with Gasteiger partial charge in [0, 0.05) is 24.3 Å². The molecule has 1 fully saturated rings. The lowest BCUT2D eigenvalue weighted by atomic mass is 9.85. The second-order valence-corrected chi connectivity index (χ2v) is 10.4. The number of pyridine rings is 1. The molecule has 10 heteroatoms. The van der Waals surface area contributed by atoms with Crippen LogP contribution in [-0.2, 0) is 10.4 Å². The minimum atomic E-state index is -2.89. The maximum atomic E-state index is 13.7. The molecule has 0 saturated heterocycles. The number of amides is 2. The van der Waals surface area contributed by atoms with Crippen molar-refractivity contribution in [3.63, 3.8) is 0 Å². The van der Waals surface area contributed by atoms with Crippen LogP contribution in [0.1, 0.15) is 59.3 Å². The molecule has 2 aliphatic rings. The first-order valence-corrected chi connectivity index (χ1v) is 13.1. The van der Waals surface area contributed by atoms with Crippen molar-refractivity contribution in [1.29, 1.82) is 0 Å². The average Bonchev–Trinajstić information content (AvgIpc) is 3.16. The molecule has 1 atom stereocenters. The van der Waals surface area contributed by atoms with E-state index in [4.69, 9.17) is 16.3 Å². The third-order valence-corrected chi connectivity index (χ3v) is 7.81. The van der Waals surface area contributed by atoms with E-state index in [1.54, 1.807) is 48.4 Å². The zero-order chi connectivity index (χ0) is 27.7. The van der Waals surface area contributed by atoms with Crippen LogP contribution in [0.4, 0.5) is 14.5 Å². The molecule has 0 radical (unpaired) electrons. The second kappa shape index (κ2) is 10.9. The molecule has 2 aromatic carbocycles. The Kier molecular flexibility index (Phi) is 7.55. The van der Waals surface area contributed by atoms with E-state index in [0.29, 0.717) is 54.8 Å². The highest BCUT2D eigenvalue weighted by atomic mass is 35.5. The van der Waals surface area contributed by atoms with Gasteiger partial charge in [0.05, 0.1) is 23.4 Å². The Bertz CT molecular complexity index is 1380. The fourth-order valence-electron chi connectivity index (χ4n) is 5.54. The summed E-state index contributed by atoms with van der Waals surface area (Å²) in [5.74, 6) is -0.272. The normalized spacial score (nSPS) is 22.6. The lowest BCUT2D eigenvalue weighted by Gasteiger charge is -2.32. The Labute approximate surface area is 229 Å². The Morgan fingerprint density at radius 2 is 1.87 bits per heavy atom. The smallest absolute Gasteiger partial charge is 0.281 e. The first-order chi connectivity index (χ1) is 18.7. The highest BCUT2D eigenvalue weighted by molar-refractivity contribution is 6.30. The summed E-state index contributed by atoms with van der Waals surface area (Å²) in [6, 6.07) is 15.1. The number of anilines is 1. The fourth-order valence-corrected chi connectivity index (χ4v) is 5.70. The number of methoxy groups -OCH3 is 1. The summed E-state index contributed by atoms with van der Waals surface area (Å²) in [6.07, 6.45) is 0.886. The highest BCUT2D eigenvalue weighted by Crippen LogP contribution is 2.45. The van der Waals surface area contributed by atoms with Crippen LogP contribution in [0.15, 0.2) is 60.8 Å². The molecule has 1 aromatic heterocycles. The first kappa shape index (κ1) is 27.0. The molecule has 2 N–H and O–H groups in total. The van der Waals surface area contributed by atoms with Crippen LogP contribution >= 0.6 is 11.6 Å². The molecule has 1 unspecified atom stereocenters. The molecule has 3 aromatic rings. The standard InChI is InChI=1S/C29H28ClF2N3O4/c1-39-21-12-8-18(9-13-21)29(38)23-4-2-3-5-24(23)35(28(29)37)16-17-6-10-20(11-7-17)34-27(36)22-14-19(30)15-33-25(22)26(31)32/h2-5,8-9,12-15,17,20,26,38H,6-7,10-11,16H2,1H3,(H,34,36)/t17-,20-,29?. The number of hydrogen-bond acceptors (Lipinski definition) is 5. The summed E-state index contributed by atoms with van der Waals surface area (Å²) in [4.78, 5) is 31.7. The average molecular weight is 556 g/mol. The number of nitrogens with zero attached hydrogens (tertiary/aromatic N) is 2. The van der Waals surface area contributed by atoms with E-state index < -0.39 is 29.5 Å². The minimum absolute atomic E-state index is 0.110. The van der Waals surface area contributed by atoms with Gasteiger partial charge in [0.25, 0.3) is 18.2 Å². The molecular formula is C29H28ClF2N3O4. The number of nitrogens with one attached hydrogen (secondary N) is 1. The number of hydrogen-bond donors (Lipinski definition) is 2. The summed E-state index contributed by atoms with van der Waals surface area (Å²) in [5, 5.41) is 14.7. The van der Waals surface area contributed by atoms with E-state index in [1.807, 2.05) is 12.1 Å². The van der Waals surface area contributed by atoms with Crippen LogP contribution < -0.4 is 15.0 Å². The number of aliphatic hydroxyl groups is 1. The number of halogens is 3. The zero-order valence-corrected chi connectivity index (χ0v) is 22.0. The monoisotopic (exact) mass is 555 g/mol. The number of rotatable bonds is 7. The molecule has 1 aliphatic heterocycles. The van der Waals surface area contributed by atoms with Crippen molar-refractivity contribution in [3.05, 3.63) is 88.2 Å². The van der Waals surface area contributed by atoms with Gasteiger partial charge in [0.15, 0.2) is 5.60 Å². The Balaban J connectivity index is 1.26. The number of ether oxygens (including phenoxy) is 1. The highest BCUT2D eigenvalue weighted by Gasteiger charge is 2.51. The van der Waals surface area contributed by atoms with Crippen molar-refractivity contribution in [2.75, 3.05) is 18.6 Å². The largest absolute Gasteiger partial charge is 0.497 e. The second-order valence-electron chi connectivity index (χ2n) is 9.95. The summed E-state index contributed by atoms with van der Waals surface area (Å²) < 4.78 is 31.9. The number of aromatic nitrogens is 1. The van der Waals surface area contributed by atoms with Gasteiger partial charge in [0.1, 0.15) is 11.4 Å². The van der Waals surface area contributed by atoms with Crippen LogP contribution in [0.2, 0.25) is 5.02 Å². The Hall–Kier alpha value is -3.56. The number of benzene rings is 2. The number of para-hydroxylation sites is 1. The van der Waals surface area contributed by atoms with Crippen LogP contribution in [0.3, 0.4) is 0 Å². The first-order valence-electron chi connectivity index (χ1n) is 12.7. The van der Waals surface area contributed by atoms with Gasteiger partial charge < -0.3 is 20.1 Å². The molecule has 1 aliphatic carbocycles. The third-order valence-electron chi connectivity index (χ3n) is 7.61.